The Kier molecular flexibility index (Phi) is 31.0. The zero-order valence-corrected chi connectivity index (χ0v) is 13.7. The molecule has 0 bridgehead atoms. The van der Waals surface area contributed by atoms with Crippen LogP contribution in [0, 0.1) is 0 Å². The van der Waals surface area contributed by atoms with Crippen molar-refractivity contribution in [2.45, 2.75) is 45.8 Å². The second kappa shape index (κ2) is 23.9. The minimum Gasteiger partial charge on any atom is -0.383 e. The molecule has 0 aromatic rings. The summed E-state index contributed by atoms with van der Waals surface area (Å²) in [7, 11) is 1.23. The van der Waals surface area contributed by atoms with Gasteiger partial charge in [0.05, 0.1) is 0 Å². The van der Waals surface area contributed by atoms with Crippen molar-refractivity contribution in [3.63, 3.8) is 0 Å². The third kappa shape index (κ3) is 37.6. The largest absolute Gasteiger partial charge is 0.383 e. The third-order valence-electron chi connectivity index (χ3n) is 1.41. The fraction of sp³-hybridized carbons (Fsp3) is 0.571. The zero-order valence-electron chi connectivity index (χ0n) is 11.7. The highest BCUT2D eigenvalue weighted by Gasteiger charge is 2.05. The van der Waals surface area contributed by atoms with Gasteiger partial charge in [0.25, 0.3) is 0 Å². The van der Waals surface area contributed by atoms with Gasteiger partial charge in [0, 0.05) is 22.6 Å². The van der Waals surface area contributed by atoms with E-state index in [4.69, 9.17) is 4.74 Å². The highest BCUT2D eigenvalue weighted by Crippen LogP contribution is 2.08. The van der Waals surface area contributed by atoms with Crippen LogP contribution in [0.5, 0.6) is 0 Å². The average Bonchev–Trinajstić information content (AvgIpc) is 2.22. The molecule has 1 unspecified atom stereocenters. The Labute approximate surface area is 106 Å². The molecule has 96 valence electrons. The normalized spacial score (nSPS) is 17.1. The molecule has 2 heteroatoms. The van der Waals surface area contributed by atoms with Crippen molar-refractivity contribution in [2.24, 2.45) is 0 Å². The molecular weight excluding hydrogens is 212 g/mol. The smallest absolute Gasteiger partial charge is 0.0465 e. The minimum atomic E-state index is 0.675. The van der Waals surface area contributed by atoms with E-state index in [1.54, 1.807) is 18.2 Å². The molecule has 1 atom stereocenters. The molecule has 0 aliphatic carbocycles. The van der Waals surface area contributed by atoms with E-state index in [2.05, 4.69) is 19.7 Å². The second-order valence-corrected chi connectivity index (χ2v) is 4.69. The summed E-state index contributed by atoms with van der Waals surface area (Å²) in [5.74, 6) is 0. The quantitative estimate of drug-likeness (QED) is 0.467. The van der Waals surface area contributed by atoms with Gasteiger partial charge in [-0.05, 0) is 40.0 Å². The first-order valence-corrected chi connectivity index (χ1v) is 7.12. The molecule has 1 aliphatic heterocycles. The molecule has 16 heavy (non-hydrogen) atoms. The summed E-state index contributed by atoms with van der Waals surface area (Å²) in [5, 5.41) is 0. The van der Waals surface area contributed by atoms with Crippen molar-refractivity contribution < 1.29 is 4.74 Å². The monoisotopic (exact) mass is 242 g/mol. The highest BCUT2D eigenvalue weighted by molar-refractivity contribution is 6.10. The van der Waals surface area contributed by atoms with E-state index < -0.39 is 0 Å². The molecule has 0 saturated carbocycles. The maximum atomic E-state index is 5.34. The van der Waals surface area contributed by atoms with Crippen LogP contribution in [0.1, 0.15) is 40.0 Å². The summed E-state index contributed by atoms with van der Waals surface area (Å²) in [4.78, 5) is 0. The van der Waals surface area contributed by atoms with Crippen LogP contribution < -0.4 is 0 Å². The fourth-order valence-electron chi connectivity index (χ4n) is 0.902. The topological polar surface area (TPSA) is 9.23 Å². The Hall–Kier alpha value is -0.603. The zero-order chi connectivity index (χ0) is 13.2. The van der Waals surface area contributed by atoms with E-state index in [0.29, 0.717) is 5.73 Å². The van der Waals surface area contributed by atoms with Gasteiger partial charge in [-0.15, -0.1) is 19.7 Å². The third-order valence-corrected chi connectivity index (χ3v) is 2.32. The first kappa shape index (κ1) is 20.8. The van der Waals surface area contributed by atoms with Crippen molar-refractivity contribution in [1.29, 1.82) is 0 Å². The molecular formula is C14H30OSi. The molecule has 0 spiro atoms. The molecule has 1 rings (SSSR count). The van der Waals surface area contributed by atoms with E-state index in [1.165, 1.54) is 29.5 Å². The average molecular weight is 242 g/mol. The van der Waals surface area contributed by atoms with Crippen molar-refractivity contribution >= 4 is 10.2 Å². The van der Waals surface area contributed by atoms with Crippen molar-refractivity contribution in [3.8, 4) is 0 Å². The van der Waals surface area contributed by atoms with Gasteiger partial charge in [0.15, 0.2) is 0 Å². The van der Waals surface area contributed by atoms with Crippen LogP contribution in [0.4, 0.5) is 0 Å². The van der Waals surface area contributed by atoms with E-state index in [9.17, 15) is 0 Å². The molecule has 0 aromatic carbocycles. The Morgan fingerprint density at radius 3 is 1.50 bits per heavy atom. The summed E-state index contributed by atoms with van der Waals surface area (Å²) in [5.41, 5.74) is 0.675. The van der Waals surface area contributed by atoms with Crippen LogP contribution in [0.15, 0.2) is 38.0 Å². The molecule has 1 saturated heterocycles. The number of ether oxygens (including phenoxy) is 1. The summed E-state index contributed by atoms with van der Waals surface area (Å²) in [6.07, 6.45) is 9.26. The molecule has 0 aromatic heterocycles. The van der Waals surface area contributed by atoms with Gasteiger partial charge in [-0.25, -0.2) is 0 Å². The molecule has 1 nitrogen and oxygen atoms in total. The maximum Gasteiger partial charge on any atom is 0.0465 e. The summed E-state index contributed by atoms with van der Waals surface area (Å²) < 4.78 is 5.34. The van der Waals surface area contributed by atoms with Gasteiger partial charge in [-0.2, -0.15) is 0 Å². The summed E-state index contributed by atoms with van der Waals surface area (Å²) in [6, 6.07) is 0. The first-order valence-electron chi connectivity index (χ1n) is 5.97. The van der Waals surface area contributed by atoms with Gasteiger partial charge in [-0.1, -0.05) is 18.2 Å². The second-order valence-electron chi connectivity index (χ2n) is 3.40. The first-order chi connectivity index (χ1) is 7.64. The molecule has 0 N–H and O–H groups in total. The van der Waals surface area contributed by atoms with Crippen LogP contribution in [0.2, 0.25) is 0 Å². The lowest BCUT2D eigenvalue weighted by Gasteiger charge is -2.17. The van der Waals surface area contributed by atoms with Gasteiger partial charge < -0.3 is 4.74 Å². The Balaban J connectivity index is -0.000000161. The fourth-order valence-corrected chi connectivity index (χ4v) is 1.55. The van der Waals surface area contributed by atoms with E-state index in [-0.39, 0.29) is 0 Å². The predicted octanol–water partition coefficient (Wildman–Crippen LogP) is 3.46. The van der Waals surface area contributed by atoms with Gasteiger partial charge in [0.1, 0.15) is 0 Å². The van der Waals surface area contributed by atoms with Gasteiger partial charge in [-0.3, -0.25) is 0 Å². The van der Waals surface area contributed by atoms with Gasteiger partial charge >= 0.3 is 0 Å². The van der Waals surface area contributed by atoms with E-state index >= 15 is 0 Å². The molecule has 1 fully saturated rings. The van der Waals surface area contributed by atoms with E-state index in [1.807, 2.05) is 20.8 Å². The summed E-state index contributed by atoms with van der Waals surface area (Å²) in [6.45, 7) is 16.8. The molecule has 1 aliphatic rings. The van der Waals surface area contributed by atoms with Crippen LogP contribution >= 0.6 is 0 Å². The van der Waals surface area contributed by atoms with Crippen LogP contribution in [-0.4, -0.2) is 22.6 Å². The molecule has 1 heterocycles. The lowest BCUT2D eigenvalue weighted by atomic mass is 10.2. The van der Waals surface area contributed by atoms with Crippen molar-refractivity contribution in [1.82, 2.24) is 0 Å². The van der Waals surface area contributed by atoms with Crippen molar-refractivity contribution in [2.75, 3.05) is 6.61 Å². The van der Waals surface area contributed by atoms with Crippen LogP contribution in [-0.2, 0) is 4.74 Å². The number of allylic oxidation sites excluding steroid dienone is 3. The van der Waals surface area contributed by atoms with Crippen LogP contribution in [0.3, 0.4) is 0 Å². The Bertz CT molecular complexity index is 123. The maximum absolute atomic E-state index is 5.34. The Morgan fingerprint density at radius 1 is 1.00 bits per heavy atom. The minimum absolute atomic E-state index is 0.675. The highest BCUT2D eigenvalue weighted by atomic mass is 28.1. The molecule has 0 radical (unpaired) electrons. The lowest BCUT2D eigenvalue weighted by Crippen LogP contribution is -2.18. The van der Waals surface area contributed by atoms with Crippen molar-refractivity contribution in [3.05, 3.63) is 38.0 Å². The lowest BCUT2D eigenvalue weighted by molar-refractivity contribution is 0.0675. The Morgan fingerprint density at radius 2 is 1.38 bits per heavy atom. The number of hydrogen-bond donors (Lipinski definition) is 0. The van der Waals surface area contributed by atoms with E-state index in [0.717, 1.165) is 6.61 Å². The standard InChI is InChI=1S/C5H12OSi.3C3H6/c7-5-3-1-2-4-6-5;3*1-3-2/h5H,1-4H2,7H3;3*3H,1H2,2H3. The SMILES string of the molecule is C=CC.C=CC.C=CC.[SiH3]C1CCCCO1. The number of rotatable bonds is 0. The predicted molar refractivity (Wildman–Crippen MR) is 81.1 cm³/mol. The number of hydrogen-bond acceptors (Lipinski definition) is 1. The summed E-state index contributed by atoms with van der Waals surface area (Å²) >= 11 is 0. The van der Waals surface area contributed by atoms with Crippen LogP contribution in [0.25, 0.3) is 0 Å². The van der Waals surface area contributed by atoms with Gasteiger partial charge in [0.2, 0.25) is 0 Å². The molecule has 0 amide bonds.